The first kappa shape index (κ1) is 25.0. The van der Waals surface area contributed by atoms with Gasteiger partial charge in [0.15, 0.2) is 0 Å². The molecule has 3 aromatic rings. The lowest BCUT2D eigenvalue weighted by atomic mass is 10.1. The third-order valence-corrected chi connectivity index (χ3v) is 5.14. The number of nitrogens with one attached hydrogen (secondary N) is 4. The molecule has 1 unspecified atom stereocenters. The number of carbonyl (C=O) groups is 4. The zero-order valence-electron chi connectivity index (χ0n) is 19.3. The van der Waals surface area contributed by atoms with Gasteiger partial charge >= 0.3 is 0 Å². The van der Waals surface area contributed by atoms with E-state index in [0.29, 0.717) is 22.6 Å². The van der Waals surface area contributed by atoms with E-state index in [0.717, 1.165) is 0 Å². The van der Waals surface area contributed by atoms with Gasteiger partial charge in [0.05, 0.1) is 18.4 Å². The molecule has 9 heteroatoms. The normalized spacial score (nSPS) is 11.0. The Labute approximate surface area is 202 Å². The molecular formula is C26H26N4O5. The fraction of sp³-hybridized carbons (Fsp3) is 0.154. The van der Waals surface area contributed by atoms with Gasteiger partial charge in [0.25, 0.3) is 23.6 Å². The number of hydrogen-bond acceptors (Lipinski definition) is 5. The van der Waals surface area contributed by atoms with Crippen LogP contribution in [0.25, 0.3) is 0 Å². The number of amides is 4. The van der Waals surface area contributed by atoms with Crippen molar-refractivity contribution >= 4 is 29.3 Å². The molecule has 0 aliphatic carbocycles. The first-order valence-electron chi connectivity index (χ1n) is 10.9. The minimum atomic E-state index is -0.913. The predicted molar refractivity (Wildman–Crippen MR) is 131 cm³/mol. The average Bonchev–Trinajstić information content (AvgIpc) is 2.90. The molecule has 0 spiro atoms. The molecule has 3 rings (SSSR count). The van der Waals surface area contributed by atoms with Crippen LogP contribution in [0.5, 0.6) is 5.75 Å². The second-order valence-corrected chi connectivity index (χ2v) is 7.47. The molecular weight excluding hydrogens is 448 g/mol. The zero-order chi connectivity index (χ0) is 25.2. The van der Waals surface area contributed by atoms with Crippen molar-refractivity contribution in [1.82, 2.24) is 16.2 Å². The van der Waals surface area contributed by atoms with Crippen LogP contribution in [0.1, 0.15) is 44.4 Å². The van der Waals surface area contributed by atoms with Crippen LogP contribution in [-0.4, -0.2) is 36.8 Å². The Bertz CT molecular complexity index is 1200. The number of methoxy groups -OCH3 is 1. The van der Waals surface area contributed by atoms with Crippen molar-refractivity contribution in [2.75, 3.05) is 12.4 Å². The van der Waals surface area contributed by atoms with Crippen LogP contribution >= 0.6 is 0 Å². The summed E-state index contributed by atoms with van der Waals surface area (Å²) in [6.45, 7) is 1.72. The second kappa shape index (κ2) is 12.0. The van der Waals surface area contributed by atoms with Crippen molar-refractivity contribution in [3.63, 3.8) is 0 Å². The topological polar surface area (TPSA) is 126 Å². The summed E-state index contributed by atoms with van der Waals surface area (Å²) in [5.74, 6) is -1.39. The Morgan fingerprint density at radius 1 is 0.743 bits per heavy atom. The highest BCUT2D eigenvalue weighted by Crippen LogP contribution is 2.18. The van der Waals surface area contributed by atoms with Gasteiger partial charge in [0.1, 0.15) is 11.8 Å². The molecule has 35 heavy (non-hydrogen) atoms. The van der Waals surface area contributed by atoms with E-state index in [-0.39, 0.29) is 12.0 Å². The molecule has 0 bridgehead atoms. The van der Waals surface area contributed by atoms with Crippen molar-refractivity contribution in [2.45, 2.75) is 19.4 Å². The summed E-state index contributed by atoms with van der Waals surface area (Å²) in [5, 5.41) is 5.37. The van der Waals surface area contributed by atoms with Gasteiger partial charge in [-0.1, -0.05) is 37.3 Å². The monoisotopic (exact) mass is 474 g/mol. The predicted octanol–water partition coefficient (Wildman–Crippen LogP) is 2.92. The number of hydrogen-bond donors (Lipinski definition) is 4. The van der Waals surface area contributed by atoms with E-state index in [9.17, 15) is 19.2 Å². The lowest BCUT2D eigenvalue weighted by Gasteiger charge is -2.18. The summed E-state index contributed by atoms with van der Waals surface area (Å²) in [7, 11) is 1.53. The van der Waals surface area contributed by atoms with Crippen LogP contribution in [0.15, 0.2) is 78.9 Å². The minimum absolute atomic E-state index is 0.189. The van der Waals surface area contributed by atoms with E-state index in [1.54, 1.807) is 85.8 Å². The molecule has 0 fully saturated rings. The SMILES string of the molecule is CCC(NC(=O)c1ccccc1NC(=O)c1ccc(OC)cc1)C(=O)NNC(=O)c1ccccc1. The number of anilines is 1. The number of benzene rings is 3. The maximum atomic E-state index is 13.0. The second-order valence-electron chi connectivity index (χ2n) is 7.47. The van der Waals surface area contributed by atoms with Gasteiger partial charge in [0, 0.05) is 11.1 Å². The highest BCUT2D eigenvalue weighted by molar-refractivity contribution is 6.09. The number of carbonyl (C=O) groups excluding carboxylic acids is 4. The van der Waals surface area contributed by atoms with E-state index in [4.69, 9.17) is 4.74 Å². The molecule has 0 aromatic heterocycles. The Hall–Kier alpha value is -4.66. The Kier molecular flexibility index (Phi) is 8.55. The van der Waals surface area contributed by atoms with Crippen LogP contribution in [0, 0.1) is 0 Å². The van der Waals surface area contributed by atoms with Crippen LogP contribution < -0.4 is 26.2 Å². The number of ether oxygens (including phenoxy) is 1. The highest BCUT2D eigenvalue weighted by Gasteiger charge is 2.22. The van der Waals surface area contributed by atoms with E-state index < -0.39 is 29.7 Å². The Balaban J connectivity index is 1.64. The smallest absolute Gasteiger partial charge is 0.269 e. The molecule has 0 saturated heterocycles. The molecule has 0 heterocycles. The largest absolute Gasteiger partial charge is 0.497 e. The molecule has 0 aliphatic rings. The molecule has 4 N–H and O–H groups in total. The van der Waals surface area contributed by atoms with Gasteiger partial charge in [0.2, 0.25) is 0 Å². The fourth-order valence-corrected chi connectivity index (χ4v) is 3.18. The zero-order valence-corrected chi connectivity index (χ0v) is 19.3. The number of hydrazine groups is 1. The standard InChI is InChI=1S/C26H26N4O5/c1-3-21(26(34)30-29-24(32)17-9-5-4-6-10-17)27-25(33)20-11-7-8-12-22(20)28-23(31)18-13-15-19(35-2)16-14-18/h4-16,21H,3H2,1-2H3,(H,27,33)(H,28,31)(H,29,32)(H,30,34). The van der Waals surface area contributed by atoms with Gasteiger partial charge in [-0.3, -0.25) is 30.0 Å². The fourth-order valence-electron chi connectivity index (χ4n) is 3.18. The van der Waals surface area contributed by atoms with Gasteiger partial charge in [-0.2, -0.15) is 0 Å². The van der Waals surface area contributed by atoms with E-state index in [1.807, 2.05) is 0 Å². The maximum Gasteiger partial charge on any atom is 0.269 e. The summed E-state index contributed by atoms with van der Waals surface area (Å²) in [6.07, 6.45) is 0.277. The molecule has 180 valence electrons. The van der Waals surface area contributed by atoms with Crippen LogP contribution in [-0.2, 0) is 4.79 Å². The molecule has 9 nitrogen and oxygen atoms in total. The summed E-state index contributed by atoms with van der Waals surface area (Å²) in [6, 6.07) is 20.5. The average molecular weight is 475 g/mol. The van der Waals surface area contributed by atoms with Crippen molar-refractivity contribution in [3.8, 4) is 5.75 Å². The lowest BCUT2D eigenvalue weighted by molar-refractivity contribution is -0.123. The molecule has 0 radical (unpaired) electrons. The van der Waals surface area contributed by atoms with Gasteiger partial charge in [-0.15, -0.1) is 0 Å². The van der Waals surface area contributed by atoms with E-state index in [1.165, 1.54) is 7.11 Å². The number of para-hydroxylation sites is 1. The van der Waals surface area contributed by atoms with Gasteiger partial charge in [-0.05, 0) is 55.0 Å². The maximum absolute atomic E-state index is 13.0. The lowest BCUT2D eigenvalue weighted by Crippen LogP contribution is -2.52. The van der Waals surface area contributed by atoms with E-state index >= 15 is 0 Å². The molecule has 0 saturated carbocycles. The highest BCUT2D eigenvalue weighted by atomic mass is 16.5. The third-order valence-electron chi connectivity index (χ3n) is 5.14. The van der Waals surface area contributed by atoms with Crippen LogP contribution in [0.2, 0.25) is 0 Å². The quantitative estimate of drug-likeness (QED) is 0.374. The van der Waals surface area contributed by atoms with E-state index in [2.05, 4.69) is 21.5 Å². The summed E-state index contributed by atoms with van der Waals surface area (Å²) in [5.41, 5.74) is 5.92. The van der Waals surface area contributed by atoms with Crippen molar-refractivity contribution in [2.24, 2.45) is 0 Å². The summed E-state index contributed by atoms with van der Waals surface area (Å²) < 4.78 is 5.10. The Morgan fingerprint density at radius 3 is 2.03 bits per heavy atom. The Morgan fingerprint density at radius 2 is 1.37 bits per heavy atom. The van der Waals surface area contributed by atoms with Crippen molar-refractivity contribution in [3.05, 3.63) is 95.6 Å². The van der Waals surface area contributed by atoms with Gasteiger partial charge in [-0.25, -0.2) is 0 Å². The first-order chi connectivity index (χ1) is 16.9. The van der Waals surface area contributed by atoms with Gasteiger partial charge < -0.3 is 15.4 Å². The molecule has 1 atom stereocenters. The molecule has 4 amide bonds. The first-order valence-corrected chi connectivity index (χ1v) is 10.9. The number of rotatable bonds is 8. The molecule has 0 aliphatic heterocycles. The van der Waals surface area contributed by atoms with Crippen LogP contribution in [0.4, 0.5) is 5.69 Å². The van der Waals surface area contributed by atoms with Crippen LogP contribution in [0.3, 0.4) is 0 Å². The van der Waals surface area contributed by atoms with Crippen molar-refractivity contribution < 1.29 is 23.9 Å². The third kappa shape index (κ3) is 6.67. The van der Waals surface area contributed by atoms with Crippen molar-refractivity contribution in [1.29, 1.82) is 0 Å². The summed E-state index contributed by atoms with van der Waals surface area (Å²) >= 11 is 0. The minimum Gasteiger partial charge on any atom is -0.497 e. The molecule has 3 aromatic carbocycles. The summed E-state index contributed by atoms with van der Waals surface area (Å²) in [4.78, 5) is 50.3.